The predicted octanol–water partition coefficient (Wildman–Crippen LogP) is 3.36. The predicted molar refractivity (Wildman–Crippen MR) is 126 cm³/mol. The Morgan fingerprint density at radius 2 is 1.91 bits per heavy atom. The van der Waals surface area contributed by atoms with Gasteiger partial charge in [-0.1, -0.05) is 50.1 Å². The maximum Gasteiger partial charge on any atom is 0.409 e. The first-order valence-corrected chi connectivity index (χ1v) is 11.9. The first-order valence-electron chi connectivity index (χ1n) is 11.9. The number of aliphatic hydroxyl groups excluding tert-OH is 1. The van der Waals surface area contributed by atoms with E-state index in [2.05, 4.69) is 22.9 Å². The van der Waals surface area contributed by atoms with Crippen LogP contribution in [0.3, 0.4) is 0 Å². The Bertz CT molecular complexity index is 705. The second-order valence-corrected chi connectivity index (χ2v) is 9.74. The van der Waals surface area contributed by atoms with Gasteiger partial charge in [-0.25, -0.2) is 4.79 Å². The average Bonchev–Trinajstić information content (AvgIpc) is 3.19. The second kappa shape index (κ2) is 12.8. The smallest absolute Gasteiger partial charge is 0.409 e. The molecule has 4 atom stereocenters. The third-order valence-corrected chi connectivity index (χ3v) is 5.78. The maximum absolute atomic E-state index is 12.6. The van der Waals surface area contributed by atoms with Gasteiger partial charge in [0, 0.05) is 25.0 Å². The fraction of sp³-hybridized carbons (Fsp3) is 0.680. The molecule has 2 rings (SSSR count). The molecule has 1 fully saturated rings. The standard InChI is InChI=1S/C25H41N3O4/c1-5-6-15-26-23(30)20-13-10-14-21(20)27-17-19(16-18-11-8-7-9-12-18)22(29)28-24(31)32-25(2,3)4/h7-9,11-12,19-22,27,29H,5-6,10,13-17H2,1-4H3,(H,26,30)(H,28,31)/t19-,20?,21?,22+/m1/s1. The molecule has 7 heteroatoms. The Kier molecular flexibility index (Phi) is 10.5. The van der Waals surface area contributed by atoms with Crippen molar-refractivity contribution in [3.8, 4) is 0 Å². The van der Waals surface area contributed by atoms with E-state index >= 15 is 0 Å². The Morgan fingerprint density at radius 3 is 2.56 bits per heavy atom. The molecular weight excluding hydrogens is 406 g/mol. The highest BCUT2D eigenvalue weighted by Gasteiger charge is 2.34. The summed E-state index contributed by atoms with van der Waals surface area (Å²) in [5.41, 5.74) is 0.434. The van der Waals surface area contributed by atoms with E-state index in [1.807, 2.05) is 30.3 Å². The van der Waals surface area contributed by atoms with E-state index in [-0.39, 0.29) is 23.8 Å². The summed E-state index contributed by atoms with van der Waals surface area (Å²) < 4.78 is 5.30. The van der Waals surface area contributed by atoms with Crippen molar-refractivity contribution in [2.45, 2.75) is 84.1 Å². The van der Waals surface area contributed by atoms with E-state index < -0.39 is 17.9 Å². The number of amides is 2. The first kappa shape index (κ1) is 26.1. The molecule has 0 spiro atoms. The van der Waals surface area contributed by atoms with Crippen LogP contribution in [0.4, 0.5) is 4.79 Å². The normalized spacial score (nSPS) is 20.4. The fourth-order valence-corrected chi connectivity index (χ4v) is 4.10. The van der Waals surface area contributed by atoms with Crippen LogP contribution in [0, 0.1) is 11.8 Å². The van der Waals surface area contributed by atoms with E-state index in [9.17, 15) is 14.7 Å². The van der Waals surface area contributed by atoms with Gasteiger partial charge in [0.05, 0.1) is 5.92 Å². The second-order valence-electron chi connectivity index (χ2n) is 9.74. The van der Waals surface area contributed by atoms with E-state index in [4.69, 9.17) is 4.74 Å². The summed E-state index contributed by atoms with van der Waals surface area (Å²) in [4.78, 5) is 24.8. The number of nitrogens with one attached hydrogen (secondary N) is 3. The first-order chi connectivity index (χ1) is 15.2. The summed E-state index contributed by atoms with van der Waals surface area (Å²) in [5.74, 6) is -0.213. The number of aliphatic hydroxyl groups is 1. The highest BCUT2D eigenvalue weighted by atomic mass is 16.6. The Morgan fingerprint density at radius 1 is 1.19 bits per heavy atom. The Balaban J connectivity index is 1.99. The quantitative estimate of drug-likeness (QED) is 0.308. The van der Waals surface area contributed by atoms with Gasteiger partial charge in [-0.2, -0.15) is 0 Å². The van der Waals surface area contributed by atoms with E-state index in [0.717, 1.165) is 37.7 Å². The third kappa shape index (κ3) is 9.17. The van der Waals surface area contributed by atoms with E-state index in [0.29, 0.717) is 19.5 Å². The van der Waals surface area contributed by atoms with Crippen molar-refractivity contribution in [2.24, 2.45) is 11.8 Å². The van der Waals surface area contributed by atoms with Gasteiger partial charge in [0.25, 0.3) is 0 Å². The zero-order valence-electron chi connectivity index (χ0n) is 20.0. The lowest BCUT2D eigenvalue weighted by Crippen LogP contribution is -2.49. The van der Waals surface area contributed by atoms with Crippen molar-refractivity contribution >= 4 is 12.0 Å². The molecule has 7 nitrogen and oxygen atoms in total. The van der Waals surface area contributed by atoms with Crippen LogP contribution in [0.2, 0.25) is 0 Å². The van der Waals surface area contributed by atoms with Gasteiger partial charge >= 0.3 is 6.09 Å². The van der Waals surface area contributed by atoms with Crippen molar-refractivity contribution in [3.05, 3.63) is 35.9 Å². The molecule has 2 amide bonds. The molecule has 1 aromatic carbocycles. The average molecular weight is 448 g/mol. The number of benzene rings is 1. The van der Waals surface area contributed by atoms with Crippen LogP contribution >= 0.6 is 0 Å². The third-order valence-electron chi connectivity index (χ3n) is 5.78. The molecule has 0 radical (unpaired) electrons. The van der Waals surface area contributed by atoms with Crippen molar-refractivity contribution in [3.63, 3.8) is 0 Å². The van der Waals surface area contributed by atoms with Gasteiger partial charge in [0.2, 0.25) is 5.91 Å². The minimum atomic E-state index is -1.07. The molecular formula is C25H41N3O4. The largest absolute Gasteiger partial charge is 0.444 e. The van der Waals surface area contributed by atoms with Crippen LogP contribution in [0.15, 0.2) is 30.3 Å². The van der Waals surface area contributed by atoms with Crippen LogP contribution < -0.4 is 16.0 Å². The molecule has 4 N–H and O–H groups in total. The number of unbranched alkanes of at least 4 members (excludes halogenated alkanes) is 1. The van der Waals surface area contributed by atoms with Gasteiger partial charge in [-0.05, 0) is 52.0 Å². The molecule has 2 unspecified atom stereocenters. The molecule has 180 valence electrons. The Hall–Kier alpha value is -2.12. The zero-order valence-corrected chi connectivity index (χ0v) is 20.0. The molecule has 0 heterocycles. The summed E-state index contributed by atoms with van der Waals surface area (Å²) in [7, 11) is 0. The number of alkyl carbamates (subject to hydrolysis) is 1. The minimum absolute atomic E-state index is 0.0554. The number of rotatable bonds is 11. The van der Waals surface area contributed by atoms with Crippen LogP contribution in [-0.4, -0.2) is 48.1 Å². The maximum atomic E-state index is 12.6. The fourth-order valence-electron chi connectivity index (χ4n) is 4.10. The molecule has 32 heavy (non-hydrogen) atoms. The highest BCUT2D eigenvalue weighted by Crippen LogP contribution is 2.26. The summed E-state index contributed by atoms with van der Waals surface area (Å²) in [6.07, 6.45) is 3.72. The van der Waals surface area contributed by atoms with E-state index in [1.165, 1.54) is 0 Å². The van der Waals surface area contributed by atoms with Gasteiger partial charge < -0.3 is 20.5 Å². The van der Waals surface area contributed by atoms with Crippen LogP contribution in [0.1, 0.15) is 65.4 Å². The minimum Gasteiger partial charge on any atom is -0.444 e. The zero-order chi connectivity index (χ0) is 23.6. The SMILES string of the molecule is CCCCNC(=O)C1CCCC1NC[C@@H](Cc1ccccc1)[C@H](O)NC(=O)OC(C)(C)C. The summed E-state index contributed by atoms with van der Waals surface area (Å²) in [6, 6.07) is 9.96. The number of hydrogen-bond donors (Lipinski definition) is 4. The molecule has 0 aromatic heterocycles. The number of hydrogen-bond acceptors (Lipinski definition) is 5. The number of carbonyl (C=O) groups is 2. The summed E-state index contributed by atoms with van der Waals surface area (Å²) in [5, 5.41) is 19.9. The van der Waals surface area contributed by atoms with Crippen molar-refractivity contribution in [2.75, 3.05) is 13.1 Å². The summed E-state index contributed by atoms with van der Waals surface area (Å²) in [6.45, 7) is 8.66. The van der Waals surface area contributed by atoms with E-state index in [1.54, 1.807) is 20.8 Å². The Labute approximate surface area is 192 Å². The highest BCUT2D eigenvalue weighted by molar-refractivity contribution is 5.79. The van der Waals surface area contributed by atoms with Gasteiger partial charge in [0.15, 0.2) is 0 Å². The number of carbonyl (C=O) groups excluding carboxylic acids is 2. The summed E-state index contributed by atoms with van der Waals surface area (Å²) >= 11 is 0. The van der Waals surface area contributed by atoms with Crippen LogP contribution in [0.25, 0.3) is 0 Å². The van der Waals surface area contributed by atoms with Crippen molar-refractivity contribution < 1.29 is 19.4 Å². The van der Waals surface area contributed by atoms with Gasteiger partial charge in [0.1, 0.15) is 11.8 Å². The molecule has 1 aliphatic rings. The van der Waals surface area contributed by atoms with Gasteiger partial charge in [-0.3, -0.25) is 10.1 Å². The van der Waals surface area contributed by atoms with Crippen LogP contribution in [-0.2, 0) is 16.0 Å². The molecule has 1 aliphatic carbocycles. The van der Waals surface area contributed by atoms with Crippen LogP contribution in [0.5, 0.6) is 0 Å². The molecule has 1 aromatic rings. The lowest BCUT2D eigenvalue weighted by atomic mass is 9.96. The molecule has 0 bridgehead atoms. The van der Waals surface area contributed by atoms with Gasteiger partial charge in [-0.15, -0.1) is 0 Å². The molecule has 1 saturated carbocycles. The lowest BCUT2D eigenvalue weighted by molar-refractivity contribution is -0.125. The lowest BCUT2D eigenvalue weighted by Gasteiger charge is -2.28. The molecule has 0 saturated heterocycles. The monoisotopic (exact) mass is 447 g/mol. The molecule has 0 aliphatic heterocycles. The number of ether oxygens (including phenoxy) is 1. The van der Waals surface area contributed by atoms with Crippen molar-refractivity contribution in [1.82, 2.24) is 16.0 Å². The topological polar surface area (TPSA) is 99.7 Å². The van der Waals surface area contributed by atoms with Crippen molar-refractivity contribution in [1.29, 1.82) is 0 Å².